The highest BCUT2D eigenvalue weighted by Gasteiger charge is 2.39. The first-order valence-electron chi connectivity index (χ1n) is 12.2. The minimum atomic E-state index is -0.536. The van der Waals surface area contributed by atoms with Crippen molar-refractivity contribution in [2.24, 2.45) is 0 Å². The lowest BCUT2D eigenvalue weighted by Crippen LogP contribution is -2.54. The number of amides is 1. The molecule has 9 heteroatoms. The molecule has 1 fully saturated rings. The maximum absolute atomic E-state index is 12.7. The van der Waals surface area contributed by atoms with Crippen LogP contribution in [0.2, 0.25) is 0 Å². The third-order valence-electron chi connectivity index (χ3n) is 6.28. The molecule has 3 N–H and O–H groups in total. The first-order chi connectivity index (χ1) is 17.3. The number of ether oxygens (including phenoxy) is 2. The number of para-hydroxylation sites is 1. The molecule has 9 nitrogen and oxygen atoms in total. The number of nitrogens with two attached hydrogens (primary N) is 1. The minimum absolute atomic E-state index is 0.0185. The monoisotopic (exact) mass is 488 g/mol. The predicted octanol–water partition coefficient (Wildman–Crippen LogP) is 4.66. The summed E-state index contributed by atoms with van der Waals surface area (Å²) >= 11 is 0. The Balaban J connectivity index is 1.36. The first-order valence-corrected chi connectivity index (χ1v) is 12.2. The van der Waals surface area contributed by atoms with E-state index in [1.165, 1.54) is 6.33 Å². The van der Waals surface area contributed by atoms with Crippen molar-refractivity contribution in [3.05, 3.63) is 72.1 Å². The zero-order valence-electron chi connectivity index (χ0n) is 20.8. The fourth-order valence-electron chi connectivity index (χ4n) is 4.66. The van der Waals surface area contributed by atoms with E-state index in [1.807, 2.05) is 80.4 Å². The molecule has 0 spiro atoms. The van der Waals surface area contributed by atoms with E-state index in [0.717, 1.165) is 41.3 Å². The summed E-state index contributed by atoms with van der Waals surface area (Å²) in [6, 6.07) is 17.4. The molecular weight excluding hydrogens is 456 g/mol. The van der Waals surface area contributed by atoms with E-state index in [1.54, 1.807) is 4.90 Å². The second-order valence-electron chi connectivity index (χ2n) is 10.1. The summed E-state index contributed by atoms with van der Waals surface area (Å²) in [6.07, 6.45) is 2.97. The smallest absolute Gasteiger partial charge is 0.410 e. The maximum atomic E-state index is 12.7. The van der Waals surface area contributed by atoms with Crippen LogP contribution in [0.4, 0.5) is 16.4 Å². The number of hydrazine groups is 1. The molecule has 3 aromatic rings. The number of carbonyl (C=O) groups excluding carboxylic acids is 1. The van der Waals surface area contributed by atoms with Crippen LogP contribution in [0.5, 0.6) is 11.5 Å². The maximum Gasteiger partial charge on any atom is 0.410 e. The molecule has 0 aliphatic carbocycles. The number of benzene rings is 2. The zero-order valence-corrected chi connectivity index (χ0v) is 20.8. The lowest BCUT2D eigenvalue weighted by Gasteiger charge is -2.38. The molecule has 1 unspecified atom stereocenters. The zero-order chi connectivity index (χ0) is 25.3. The topological polar surface area (TPSA) is 106 Å². The molecule has 1 saturated heterocycles. The van der Waals surface area contributed by atoms with Gasteiger partial charge in [-0.2, -0.15) is 0 Å². The van der Waals surface area contributed by atoms with Gasteiger partial charge >= 0.3 is 6.09 Å². The largest absolute Gasteiger partial charge is 0.457 e. The number of nitrogen functional groups attached to an aromatic ring is 1. The van der Waals surface area contributed by atoms with Crippen LogP contribution in [0.1, 0.15) is 50.8 Å². The second-order valence-corrected chi connectivity index (χ2v) is 10.1. The Hall–Kier alpha value is -3.85. The average molecular weight is 489 g/mol. The molecule has 0 saturated carbocycles. The van der Waals surface area contributed by atoms with Gasteiger partial charge in [0.2, 0.25) is 0 Å². The molecule has 2 atom stereocenters. The van der Waals surface area contributed by atoms with Crippen LogP contribution in [0.15, 0.2) is 60.9 Å². The summed E-state index contributed by atoms with van der Waals surface area (Å²) in [4.78, 5) is 23.3. The molecule has 0 bridgehead atoms. The number of likely N-dealkylation sites (tertiary alicyclic amines) is 1. The van der Waals surface area contributed by atoms with Gasteiger partial charge in [-0.05, 0) is 63.4 Å². The van der Waals surface area contributed by atoms with Crippen LogP contribution in [0.25, 0.3) is 0 Å². The van der Waals surface area contributed by atoms with E-state index in [-0.39, 0.29) is 18.2 Å². The number of nitrogens with zero attached hydrogens (tertiary/aromatic N) is 4. The summed E-state index contributed by atoms with van der Waals surface area (Å²) < 4.78 is 11.6. The lowest BCUT2D eigenvalue weighted by molar-refractivity contribution is 0.0195. The lowest BCUT2D eigenvalue weighted by atomic mass is 10.0. The number of rotatable bonds is 4. The van der Waals surface area contributed by atoms with Crippen molar-refractivity contribution in [2.75, 3.05) is 23.8 Å². The molecule has 5 rings (SSSR count). The van der Waals surface area contributed by atoms with Crippen LogP contribution < -0.4 is 20.9 Å². The minimum Gasteiger partial charge on any atom is -0.457 e. The van der Waals surface area contributed by atoms with Crippen LogP contribution in [-0.2, 0) is 4.74 Å². The van der Waals surface area contributed by atoms with Gasteiger partial charge in [-0.1, -0.05) is 30.3 Å². The van der Waals surface area contributed by atoms with Crippen LogP contribution in [-0.4, -0.2) is 45.7 Å². The van der Waals surface area contributed by atoms with Gasteiger partial charge < -0.3 is 20.1 Å². The number of hydrogen-bond donors (Lipinski definition) is 2. The molecule has 0 radical (unpaired) electrons. The molecule has 1 aromatic heterocycles. The van der Waals surface area contributed by atoms with Crippen molar-refractivity contribution in [3.8, 4) is 11.5 Å². The van der Waals surface area contributed by atoms with Crippen molar-refractivity contribution < 1.29 is 14.3 Å². The summed E-state index contributed by atoms with van der Waals surface area (Å²) in [7, 11) is 0. The van der Waals surface area contributed by atoms with Crippen LogP contribution in [0.3, 0.4) is 0 Å². The van der Waals surface area contributed by atoms with Crippen molar-refractivity contribution in [1.29, 1.82) is 0 Å². The molecule has 1 amide bonds. The van der Waals surface area contributed by atoms with E-state index in [9.17, 15) is 4.79 Å². The Morgan fingerprint density at radius 3 is 2.50 bits per heavy atom. The van der Waals surface area contributed by atoms with E-state index < -0.39 is 5.60 Å². The second kappa shape index (κ2) is 9.66. The van der Waals surface area contributed by atoms with Gasteiger partial charge in [-0.3, -0.25) is 5.01 Å². The number of piperidine rings is 1. The fourth-order valence-corrected chi connectivity index (χ4v) is 4.66. The van der Waals surface area contributed by atoms with Gasteiger partial charge in [0.25, 0.3) is 0 Å². The normalized spacial score (nSPS) is 19.6. The van der Waals surface area contributed by atoms with Gasteiger partial charge in [0.05, 0.1) is 17.6 Å². The van der Waals surface area contributed by atoms with Crippen molar-refractivity contribution in [1.82, 2.24) is 20.3 Å². The number of anilines is 2. The third kappa shape index (κ3) is 5.06. The Morgan fingerprint density at radius 1 is 1.06 bits per heavy atom. The van der Waals surface area contributed by atoms with Gasteiger partial charge in [0.1, 0.15) is 29.2 Å². The molecule has 188 valence electrons. The quantitative estimate of drug-likeness (QED) is 0.546. The molecule has 2 aromatic carbocycles. The molecular formula is C27H32N6O3. The van der Waals surface area contributed by atoms with E-state index in [0.29, 0.717) is 18.9 Å². The van der Waals surface area contributed by atoms with Gasteiger partial charge in [-0.25, -0.2) is 20.2 Å². The molecule has 2 aliphatic rings. The van der Waals surface area contributed by atoms with E-state index in [4.69, 9.17) is 15.2 Å². The highest BCUT2D eigenvalue weighted by atomic mass is 16.6. The Morgan fingerprint density at radius 2 is 1.78 bits per heavy atom. The van der Waals surface area contributed by atoms with Gasteiger partial charge in [-0.15, -0.1) is 0 Å². The van der Waals surface area contributed by atoms with Crippen molar-refractivity contribution in [3.63, 3.8) is 0 Å². The van der Waals surface area contributed by atoms with E-state index in [2.05, 4.69) is 15.4 Å². The highest BCUT2D eigenvalue weighted by Crippen LogP contribution is 2.40. The fraction of sp³-hybridized carbons (Fsp3) is 0.370. The first kappa shape index (κ1) is 23.9. The SMILES string of the molecule is CC(C)(C)OC(=O)N1CCC[C@@H](N2NC(c3ccc(Oc4ccccc4)cc3)c3c(N)ncnc32)C1. The van der Waals surface area contributed by atoms with Crippen molar-refractivity contribution >= 4 is 17.7 Å². The van der Waals surface area contributed by atoms with Crippen LogP contribution in [0, 0.1) is 0 Å². The standard InChI is InChI=1S/C27H32N6O3/c1-27(2,3)36-26(34)32-15-7-8-19(16-32)33-25-22(24(28)29-17-30-25)23(31-33)18-11-13-21(14-12-18)35-20-9-5-4-6-10-20/h4-6,9-14,17,19,23,31H,7-8,15-16H2,1-3H3,(H2,28,29,30)/t19-,23?/m1/s1. The Bertz CT molecular complexity index is 1210. The van der Waals surface area contributed by atoms with Crippen molar-refractivity contribution in [2.45, 2.75) is 51.3 Å². The van der Waals surface area contributed by atoms with Gasteiger partial charge in [0.15, 0.2) is 5.82 Å². The number of aromatic nitrogens is 2. The highest BCUT2D eigenvalue weighted by molar-refractivity contribution is 5.69. The average Bonchev–Trinajstić information content (AvgIpc) is 3.25. The van der Waals surface area contributed by atoms with Crippen LogP contribution >= 0.6 is 0 Å². The number of fused-ring (bicyclic) bond motifs is 1. The molecule has 3 heterocycles. The number of nitrogens with one attached hydrogen (secondary N) is 1. The molecule has 2 aliphatic heterocycles. The van der Waals surface area contributed by atoms with Gasteiger partial charge in [0, 0.05) is 13.1 Å². The predicted molar refractivity (Wildman–Crippen MR) is 138 cm³/mol. The summed E-state index contributed by atoms with van der Waals surface area (Å²) in [5, 5.41) is 2.04. The summed E-state index contributed by atoms with van der Waals surface area (Å²) in [5.41, 5.74) is 11.2. The number of carbonyl (C=O) groups is 1. The number of hydrogen-bond acceptors (Lipinski definition) is 8. The Labute approximate surface area is 211 Å². The van der Waals surface area contributed by atoms with E-state index >= 15 is 0 Å². The molecule has 36 heavy (non-hydrogen) atoms. The Kier molecular flexibility index (Phi) is 6.40. The summed E-state index contributed by atoms with van der Waals surface area (Å²) in [6.45, 7) is 6.84. The third-order valence-corrected chi connectivity index (χ3v) is 6.28. The summed E-state index contributed by atoms with van der Waals surface area (Å²) in [5.74, 6) is 2.71.